The van der Waals surface area contributed by atoms with Gasteiger partial charge in [0.05, 0.1) is 6.61 Å². The van der Waals surface area contributed by atoms with Gasteiger partial charge in [-0.25, -0.2) is 4.79 Å². The number of hydrogen-bond acceptors (Lipinski definition) is 5. The van der Waals surface area contributed by atoms with Gasteiger partial charge < -0.3 is 20.3 Å². The molecule has 0 amide bonds. The van der Waals surface area contributed by atoms with Crippen LogP contribution in [-0.4, -0.2) is 22.9 Å². The number of carboxylic acid groups (broad SMARTS) is 1. The molecule has 0 aliphatic carbocycles. The average molecular weight is 212 g/mol. The van der Waals surface area contributed by atoms with Crippen LogP contribution in [0.15, 0.2) is 12.1 Å². The van der Waals surface area contributed by atoms with Crippen molar-refractivity contribution >= 4 is 6.16 Å². The van der Waals surface area contributed by atoms with E-state index in [2.05, 4.69) is 9.72 Å². The van der Waals surface area contributed by atoms with E-state index >= 15 is 0 Å². The maximum atomic E-state index is 10.3. The van der Waals surface area contributed by atoms with Gasteiger partial charge in [-0.2, -0.15) is 4.98 Å². The highest BCUT2D eigenvalue weighted by Crippen LogP contribution is 2.19. The van der Waals surface area contributed by atoms with Crippen molar-refractivity contribution in [2.75, 3.05) is 6.61 Å². The molecular weight excluding hydrogens is 200 g/mol. The normalized spacial score (nSPS) is 9.73. The van der Waals surface area contributed by atoms with Crippen molar-refractivity contribution in [2.45, 2.75) is 13.5 Å². The summed E-state index contributed by atoms with van der Waals surface area (Å²) in [6.45, 7) is 2.50. The highest BCUT2D eigenvalue weighted by Gasteiger charge is 2.08. The van der Waals surface area contributed by atoms with E-state index < -0.39 is 6.16 Å². The number of nitrogens with zero attached hydrogens (tertiary/aromatic N) is 1. The van der Waals surface area contributed by atoms with Gasteiger partial charge in [0.2, 0.25) is 11.8 Å². The Morgan fingerprint density at radius 1 is 1.60 bits per heavy atom. The monoisotopic (exact) mass is 212 g/mol. The Morgan fingerprint density at radius 2 is 2.33 bits per heavy atom. The predicted octanol–water partition coefficient (Wildman–Crippen LogP) is 0.996. The predicted molar refractivity (Wildman–Crippen MR) is 52.0 cm³/mol. The third-order valence-corrected chi connectivity index (χ3v) is 1.61. The molecule has 82 valence electrons. The number of ether oxygens (including phenoxy) is 2. The number of hydrogen-bond donors (Lipinski definition) is 2. The minimum atomic E-state index is -1.41. The molecule has 6 nitrogen and oxygen atoms in total. The van der Waals surface area contributed by atoms with Gasteiger partial charge in [-0.05, 0) is 13.0 Å². The molecule has 0 aliphatic heterocycles. The SMILES string of the molecule is CCOc1nc(OC(=O)O)ccc1CN. The van der Waals surface area contributed by atoms with Gasteiger partial charge in [0.15, 0.2) is 0 Å². The minimum absolute atomic E-state index is 0.0249. The van der Waals surface area contributed by atoms with Crippen molar-refractivity contribution in [3.8, 4) is 11.8 Å². The van der Waals surface area contributed by atoms with Crippen LogP contribution in [0.25, 0.3) is 0 Å². The highest BCUT2D eigenvalue weighted by atomic mass is 16.7. The molecule has 1 aromatic rings. The van der Waals surface area contributed by atoms with Crippen LogP contribution in [-0.2, 0) is 6.54 Å². The summed E-state index contributed by atoms with van der Waals surface area (Å²) in [7, 11) is 0. The fourth-order valence-electron chi connectivity index (χ4n) is 1.02. The molecule has 1 rings (SSSR count). The molecule has 0 unspecified atom stereocenters. The van der Waals surface area contributed by atoms with E-state index in [1.807, 2.05) is 0 Å². The van der Waals surface area contributed by atoms with Crippen molar-refractivity contribution in [1.29, 1.82) is 0 Å². The molecule has 3 N–H and O–H groups in total. The maximum Gasteiger partial charge on any atom is 0.512 e. The molecule has 0 bridgehead atoms. The van der Waals surface area contributed by atoms with E-state index in [-0.39, 0.29) is 12.4 Å². The van der Waals surface area contributed by atoms with E-state index in [1.165, 1.54) is 6.07 Å². The molecule has 0 atom stereocenters. The number of pyridine rings is 1. The molecule has 0 fully saturated rings. The van der Waals surface area contributed by atoms with Crippen LogP contribution in [0.5, 0.6) is 11.8 Å². The fourth-order valence-corrected chi connectivity index (χ4v) is 1.02. The Bertz CT molecular complexity index is 354. The second kappa shape index (κ2) is 5.16. The van der Waals surface area contributed by atoms with Crippen LogP contribution in [0.1, 0.15) is 12.5 Å². The topological polar surface area (TPSA) is 94.7 Å². The second-order valence-electron chi connectivity index (χ2n) is 2.62. The van der Waals surface area contributed by atoms with E-state index in [0.29, 0.717) is 18.1 Å². The zero-order chi connectivity index (χ0) is 11.3. The number of carbonyl (C=O) groups is 1. The van der Waals surface area contributed by atoms with Crippen LogP contribution in [0.4, 0.5) is 4.79 Å². The van der Waals surface area contributed by atoms with Gasteiger partial charge in [0.25, 0.3) is 0 Å². The van der Waals surface area contributed by atoms with Gasteiger partial charge in [-0.1, -0.05) is 0 Å². The van der Waals surface area contributed by atoms with Gasteiger partial charge in [-0.15, -0.1) is 0 Å². The largest absolute Gasteiger partial charge is 0.512 e. The van der Waals surface area contributed by atoms with Gasteiger partial charge >= 0.3 is 6.16 Å². The van der Waals surface area contributed by atoms with Crippen molar-refractivity contribution in [3.63, 3.8) is 0 Å². The van der Waals surface area contributed by atoms with E-state index in [0.717, 1.165) is 0 Å². The summed E-state index contributed by atoms with van der Waals surface area (Å²) in [6, 6.07) is 3.05. The summed E-state index contributed by atoms with van der Waals surface area (Å²) in [6.07, 6.45) is -1.41. The molecule has 1 aromatic heterocycles. The number of rotatable bonds is 4. The van der Waals surface area contributed by atoms with Crippen LogP contribution >= 0.6 is 0 Å². The zero-order valence-corrected chi connectivity index (χ0v) is 8.27. The van der Waals surface area contributed by atoms with E-state index in [9.17, 15) is 4.79 Å². The summed E-state index contributed by atoms with van der Waals surface area (Å²) in [4.78, 5) is 14.1. The fraction of sp³-hybridized carbons (Fsp3) is 0.333. The van der Waals surface area contributed by atoms with Crippen LogP contribution in [0.2, 0.25) is 0 Å². The lowest BCUT2D eigenvalue weighted by atomic mass is 10.3. The van der Waals surface area contributed by atoms with Gasteiger partial charge in [0.1, 0.15) is 0 Å². The molecule has 0 spiro atoms. The first kappa shape index (κ1) is 11.3. The molecule has 0 radical (unpaired) electrons. The third kappa shape index (κ3) is 3.10. The Labute approximate surface area is 86.6 Å². The van der Waals surface area contributed by atoms with Crippen molar-refractivity contribution in [1.82, 2.24) is 4.98 Å². The first-order valence-corrected chi connectivity index (χ1v) is 4.41. The van der Waals surface area contributed by atoms with Gasteiger partial charge in [0, 0.05) is 18.2 Å². The summed E-state index contributed by atoms with van der Waals surface area (Å²) in [5.74, 6) is 0.280. The number of nitrogens with two attached hydrogens (primary N) is 1. The quantitative estimate of drug-likeness (QED) is 0.723. The lowest BCUT2D eigenvalue weighted by Crippen LogP contribution is -2.08. The van der Waals surface area contributed by atoms with Crippen molar-refractivity contribution in [3.05, 3.63) is 17.7 Å². The molecule has 15 heavy (non-hydrogen) atoms. The first-order chi connectivity index (χ1) is 7.17. The summed E-state index contributed by atoms with van der Waals surface area (Å²) >= 11 is 0. The summed E-state index contributed by atoms with van der Waals surface area (Å²) in [5.41, 5.74) is 6.16. The smallest absolute Gasteiger partial charge is 0.478 e. The first-order valence-electron chi connectivity index (χ1n) is 4.41. The summed E-state index contributed by atoms with van der Waals surface area (Å²) in [5, 5.41) is 8.39. The lowest BCUT2D eigenvalue weighted by Gasteiger charge is -2.08. The van der Waals surface area contributed by atoms with Crippen molar-refractivity contribution < 1.29 is 19.4 Å². The molecule has 1 heterocycles. The van der Waals surface area contributed by atoms with Gasteiger partial charge in [-0.3, -0.25) is 0 Å². The molecule has 6 heteroatoms. The molecule has 0 saturated heterocycles. The third-order valence-electron chi connectivity index (χ3n) is 1.61. The Hall–Kier alpha value is -1.82. The van der Waals surface area contributed by atoms with Crippen LogP contribution in [0.3, 0.4) is 0 Å². The average Bonchev–Trinajstić information content (AvgIpc) is 2.18. The van der Waals surface area contributed by atoms with Crippen LogP contribution in [0, 0.1) is 0 Å². The van der Waals surface area contributed by atoms with E-state index in [4.69, 9.17) is 15.6 Å². The van der Waals surface area contributed by atoms with E-state index in [1.54, 1.807) is 13.0 Å². The Kier molecular flexibility index (Phi) is 3.87. The minimum Gasteiger partial charge on any atom is -0.478 e. The zero-order valence-electron chi connectivity index (χ0n) is 8.27. The summed E-state index contributed by atoms with van der Waals surface area (Å²) < 4.78 is 9.57. The Balaban J connectivity index is 2.93. The number of aromatic nitrogens is 1. The van der Waals surface area contributed by atoms with Crippen LogP contribution < -0.4 is 15.2 Å². The Morgan fingerprint density at radius 3 is 2.87 bits per heavy atom. The lowest BCUT2D eigenvalue weighted by molar-refractivity contribution is 0.142. The molecular formula is C9H12N2O4. The second-order valence-corrected chi connectivity index (χ2v) is 2.62. The maximum absolute atomic E-state index is 10.3. The highest BCUT2D eigenvalue weighted by molar-refractivity contribution is 5.60. The van der Waals surface area contributed by atoms with Crippen molar-refractivity contribution in [2.24, 2.45) is 5.73 Å². The molecule has 0 aliphatic rings. The molecule has 0 aromatic carbocycles. The standard InChI is InChI=1S/C9H12N2O4/c1-2-14-8-6(5-10)3-4-7(11-8)15-9(12)13/h3-4H,2,5,10H2,1H3,(H,12,13). The molecule has 0 saturated carbocycles.